The third-order valence-corrected chi connectivity index (χ3v) is 5.37. The molecule has 0 saturated carbocycles. The SMILES string of the molecule is Cc1nn(Cc2ccc(C(=O)Nc3cc(OCC(F)F)cc([N+](=O)[O-])c3)o2)c(C)c1Br. The summed E-state index contributed by atoms with van der Waals surface area (Å²) in [5.74, 6) is -0.387. The minimum atomic E-state index is -2.75. The predicted molar refractivity (Wildman–Crippen MR) is 110 cm³/mol. The molecule has 0 bridgehead atoms. The Labute approximate surface area is 183 Å². The van der Waals surface area contributed by atoms with Gasteiger partial charge in [0.1, 0.15) is 18.1 Å². The summed E-state index contributed by atoms with van der Waals surface area (Å²) in [6.07, 6.45) is -2.75. The molecule has 12 heteroatoms. The number of benzene rings is 1. The van der Waals surface area contributed by atoms with Crippen LogP contribution in [0.25, 0.3) is 0 Å². The van der Waals surface area contributed by atoms with E-state index in [9.17, 15) is 23.7 Å². The first-order chi connectivity index (χ1) is 14.6. The number of anilines is 1. The van der Waals surface area contributed by atoms with Gasteiger partial charge in [0.05, 0.1) is 39.1 Å². The third-order valence-electron chi connectivity index (χ3n) is 4.22. The Morgan fingerprint density at radius 2 is 2.10 bits per heavy atom. The highest BCUT2D eigenvalue weighted by molar-refractivity contribution is 9.10. The van der Waals surface area contributed by atoms with Crippen LogP contribution < -0.4 is 10.1 Å². The summed E-state index contributed by atoms with van der Waals surface area (Å²) in [6, 6.07) is 6.37. The van der Waals surface area contributed by atoms with Crippen LogP contribution in [0.15, 0.2) is 39.2 Å². The van der Waals surface area contributed by atoms with E-state index in [1.54, 1.807) is 10.7 Å². The number of halogens is 3. The number of hydrogen-bond donors (Lipinski definition) is 1. The van der Waals surface area contributed by atoms with Gasteiger partial charge in [-0.25, -0.2) is 8.78 Å². The molecule has 2 aromatic heterocycles. The second-order valence-corrected chi connectivity index (χ2v) is 7.33. The van der Waals surface area contributed by atoms with Crippen molar-refractivity contribution in [3.05, 3.63) is 67.8 Å². The fourth-order valence-corrected chi connectivity index (χ4v) is 3.04. The largest absolute Gasteiger partial charge is 0.487 e. The molecule has 31 heavy (non-hydrogen) atoms. The molecule has 9 nitrogen and oxygen atoms in total. The molecule has 0 aliphatic heterocycles. The van der Waals surface area contributed by atoms with Crippen LogP contribution in [0.3, 0.4) is 0 Å². The van der Waals surface area contributed by atoms with Crippen molar-refractivity contribution in [3.63, 3.8) is 0 Å². The zero-order chi connectivity index (χ0) is 22.7. The lowest BCUT2D eigenvalue weighted by Gasteiger charge is -2.09. The first-order valence-electron chi connectivity index (χ1n) is 8.94. The van der Waals surface area contributed by atoms with Gasteiger partial charge in [-0.2, -0.15) is 5.10 Å². The minimum Gasteiger partial charge on any atom is -0.487 e. The van der Waals surface area contributed by atoms with Crippen LogP contribution in [0.2, 0.25) is 0 Å². The summed E-state index contributed by atoms with van der Waals surface area (Å²) < 4.78 is 37.7. The van der Waals surface area contributed by atoms with Gasteiger partial charge in [0.25, 0.3) is 18.0 Å². The van der Waals surface area contributed by atoms with Crippen molar-refractivity contribution < 1.29 is 27.7 Å². The van der Waals surface area contributed by atoms with Crippen molar-refractivity contribution >= 4 is 33.2 Å². The first kappa shape index (κ1) is 22.4. The van der Waals surface area contributed by atoms with Gasteiger partial charge in [0, 0.05) is 12.1 Å². The van der Waals surface area contributed by atoms with Crippen LogP contribution in [0, 0.1) is 24.0 Å². The summed E-state index contributed by atoms with van der Waals surface area (Å²) in [6.45, 7) is 3.11. The maximum absolute atomic E-state index is 12.5. The lowest BCUT2D eigenvalue weighted by atomic mass is 10.2. The Balaban J connectivity index is 1.75. The average molecular weight is 499 g/mol. The van der Waals surface area contributed by atoms with E-state index in [2.05, 4.69) is 26.3 Å². The zero-order valence-electron chi connectivity index (χ0n) is 16.4. The highest BCUT2D eigenvalue weighted by atomic mass is 79.9. The Bertz CT molecular complexity index is 1130. The second kappa shape index (κ2) is 9.25. The van der Waals surface area contributed by atoms with E-state index in [4.69, 9.17) is 9.15 Å². The van der Waals surface area contributed by atoms with Crippen molar-refractivity contribution in [1.82, 2.24) is 9.78 Å². The number of furan rings is 1. The highest BCUT2D eigenvalue weighted by Crippen LogP contribution is 2.27. The molecule has 1 N–H and O–H groups in total. The fourth-order valence-electron chi connectivity index (χ4n) is 2.76. The van der Waals surface area contributed by atoms with Gasteiger partial charge in [-0.05, 0) is 41.9 Å². The van der Waals surface area contributed by atoms with E-state index >= 15 is 0 Å². The minimum absolute atomic E-state index is 0.00360. The number of nitro benzene ring substituents is 1. The van der Waals surface area contributed by atoms with E-state index in [0.29, 0.717) is 12.3 Å². The summed E-state index contributed by atoms with van der Waals surface area (Å²) in [5.41, 5.74) is 1.30. The molecule has 0 aliphatic rings. The number of nitrogens with zero attached hydrogens (tertiary/aromatic N) is 3. The molecular formula is C19H17BrF2N4O5. The monoisotopic (exact) mass is 498 g/mol. The van der Waals surface area contributed by atoms with E-state index in [0.717, 1.165) is 28.0 Å². The number of hydrogen-bond acceptors (Lipinski definition) is 6. The van der Waals surface area contributed by atoms with Crippen LogP contribution in [0.5, 0.6) is 5.75 Å². The van der Waals surface area contributed by atoms with Crippen molar-refractivity contribution in [2.75, 3.05) is 11.9 Å². The van der Waals surface area contributed by atoms with E-state index in [-0.39, 0.29) is 17.2 Å². The van der Waals surface area contributed by atoms with Crippen LogP contribution in [-0.4, -0.2) is 33.6 Å². The van der Waals surface area contributed by atoms with Crippen LogP contribution in [0.1, 0.15) is 27.7 Å². The molecule has 0 radical (unpaired) electrons. The number of non-ortho nitro benzene ring substituents is 1. The molecule has 0 aliphatic carbocycles. The number of amides is 1. The lowest BCUT2D eigenvalue weighted by molar-refractivity contribution is -0.384. The van der Waals surface area contributed by atoms with Gasteiger partial charge in [0.2, 0.25) is 0 Å². The quantitative estimate of drug-likeness (QED) is 0.355. The van der Waals surface area contributed by atoms with Gasteiger partial charge < -0.3 is 14.5 Å². The van der Waals surface area contributed by atoms with Gasteiger partial charge >= 0.3 is 0 Å². The Morgan fingerprint density at radius 1 is 1.35 bits per heavy atom. The molecule has 0 saturated heterocycles. The number of aryl methyl sites for hydroxylation is 1. The molecule has 3 rings (SSSR count). The number of alkyl halides is 2. The molecule has 2 heterocycles. The molecule has 3 aromatic rings. The first-order valence-corrected chi connectivity index (χ1v) is 9.73. The molecule has 1 amide bonds. The maximum atomic E-state index is 12.5. The lowest BCUT2D eigenvalue weighted by Crippen LogP contribution is -2.12. The number of nitro groups is 1. The molecular weight excluding hydrogens is 482 g/mol. The predicted octanol–water partition coefficient (Wildman–Crippen LogP) is 4.71. The molecule has 0 spiro atoms. The standard InChI is InChI=1S/C19H17BrF2N4O5/c1-10-18(20)11(2)25(24-10)8-14-3-4-16(31-14)19(27)23-12-5-13(26(28)29)7-15(6-12)30-9-17(21)22/h3-7,17H,8-9H2,1-2H3,(H,23,27). The van der Waals surface area contributed by atoms with Gasteiger partial charge in [0.15, 0.2) is 5.76 Å². The third kappa shape index (κ3) is 5.45. The van der Waals surface area contributed by atoms with E-state index < -0.39 is 29.6 Å². The molecule has 164 valence electrons. The zero-order valence-corrected chi connectivity index (χ0v) is 18.0. The van der Waals surface area contributed by atoms with Crippen molar-refractivity contribution in [2.45, 2.75) is 26.8 Å². The molecule has 1 aromatic carbocycles. The molecule has 0 fully saturated rings. The summed E-state index contributed by atoms with van der Waals surface area (Å²) in [5, 5.41) is 17.9. The summed E-state index contributed by atoms with van der Waals surface area (Å²) >= 11 is 3.44. The maximum Gasteiger partial charge on any atom is 0.291 e. The Kier molecular flexibility index (Phi) is 6.68. The average Bonchev–Trinajstić information content (AvgIpc) is 3.27. The number of rotatable bonds is 8. The topological polar surface area (TPSA) is 112 Å². The molecule has 0 unspecified atom stereocenters. The number of carbonyl (C=O) groups excluding carboxylic acids is 1. The summed E-state index contributed by atoms with van der Waals surface area (Å²) in [7, 11) is 0. The fraction of sp³-hybridized carbons (Fsp3) is 0.263. The van der Waals surface area contributed by atoms with Crippen LogP contribution >= 0.6 is 15.9 Å². The number of aromatic nitrogens is 2. The van der Waals surface area contributed by atoms with Gasteiger partial charge in [-0.3, -0.25) is 19.6 Å². The van der Waals surface area contributed by atoms with Crippen molar-refractivity contribution in [2.24, 2.45) is 0 Å². The van der Waals surface area contributed by atoms with Gasteiger partial charge in [-0.1, -0.05) is 0 Å². The van der Waals surface area contributed by atoms with E-state index in [1.807, 2.05) is 13.8 Å². The van der Waals surface area contributed by atoms with Gasteiger partial charge in [-0.15, -0.1) is 0 Å². The van der Waals surface area contributed by atoms with E-state index in [1.165, 1.54) is 12.1 Å². The number of nitrogens with one attached hydrogen (secondary N) is 1. The highest BCUT2D eigenvalue weighted by Gasteiger charge is 2.17. The van der Waals surface area contributed by atoms with Crippen molar-refractivity contribution in [3.8, 4) is 5.75 Å². The smallest absolute Gasteiger partial charge is 0.291 e. The van der Waals surface area contributed by atoms with Crippen molar-refractivity contribution in [1.29, 1.82) is 0 Å². The summed E-state index contributed by atoms with van der Waals surface area (Å²) in [4.78, 5) is 22.9. The van der Waals surface area contributed by atoms with Crippen LogP contribution in [0.4, 0.5) is 20.2 Å². The second-order valence-electron chi connectivity index (χ2n) is 6.54. The Morgan fingerprint density at radius 3 is 2.71 bits per heavy atom. The van der Waals surface area contributed by atoms with Crippen LogP contribution in [-0.2, 0) is 6.54 Å². The number of ether oxygens (including phenoxy) is 1. The number of carbonyl (C=O) groups is 1. The normalized spacial score (nSPS) is 11.0. The molecule has 0 atom stereocenters. The Hall–Kier alpha value is -3.28.